The van der Waals surface area contributed by atoms with Gasteiger partial charge in [0, 0.05) is 19.0 Å². The maximum absolute atomic E-state index is 11.8. The van der Waals surface area contributed by atoms with Crippen molar-refractivity contribution in [1.29, 1.82) is 0 Å². The summed E-state index contributed by atoms with van der Waals surface area (Å²) in [6.45, 7) is 6.38. The van der Waals surface area contributed by atoms with Gasteiger partial charge in [-0.25, -0.2) is 4.79 Å². The molecule has 1 aromatic carbocycles. The normalized spacial score (nSPS) is 14.5. The summed E-state index contributed by atoms with van der Waals surface area (Å²) in [5.74, 6) is 0.0198. The first-order valence-electron chi connectivity index (χ1n) is 7.87. The lowest BCUT2D eigenvalue weighted by molar-refractivity contribution is -0.150. The van der Waals surface area contributed by atoms with E-state index in [4.69, 9.17) is 25.8 Å². The van der Waals surface area contributed by atoms with Gasteiger partial charge in [-0.15, -0.1) is 6.58 Å². The zero-order chi connectivity index (χ0) is 18.2. The Balaban J connectivity index is 2.00. The van der Waals surface area contributed by atoms with Crippen molar-refractivity contribution in [2.24, 2.45) is 0 Å². The number of fused-ring (bicyclic) bond motifs is 1. The number of benzene rings is 1. The molecule has 1 amide bonds. The van der Waals surface area contributed by atoms with Gasteiger partial charge >= 0.3 is 5.97 Å². The number of carbonyl (C=O) groups excluding carboxylic acids is 2. The van der Waals surface area contributed by atoms with Gasteiger partial charge in [0.15, 0.2) is 17.6 Å². The fourth-order valence-corrected chi connectivity index (χ4v) is 2.37. The minimum atomic E-state index is -0.899. The van der Waals surface area contributed by atoms with Crippen LogP contribution in [0.15, 0.2) is 30.9 Å². The van der Waals surface area contributed by atoms with Crippen molar-refractivity contribution in [3.05, 3.63) is 41.4 Å². The van der Waals surface area contributed by atoms with E-state index in [1.165, 1.54) is 19.1 Å². The number of esters is 1. The molecule has 0 saturated carbocycles. The maximum Gasteiger partial charge on any atom is 0.331 e. The Bertz CT molecular complexity index is 686. The highest BCUT2D eigenvalue weighted by molar-refractivity contribution is 6.32. The summed E-state index contributed by atoms with van der Waals surface area (Å²) in [6, 6.07) is 3.40. The predicted molar refractivity (Wildman–Crippen MR) is 94.9 cm³/mol. The number of hydrogen-bond acceptors (Lipinski definition) is 5. The third-order valence-electron chi connectivity index (χ3n) is 3.32. The molecule has 0 aromatic heterocycles. The largest absolute Gasteiger partial charge is 0.489 e. The van der Waals surface area contributed by atoms with E-state index < -0.39 is 12.1 Å². The third-order valence-corrected chi connectivity index (χ3v) is 3.60. The lowest BCUT2D eigenvalue weighted by Crippen LogP contribution is -2.35. The molecule has 0 aliphatic carbocycles. The monoisotopic (exact) mass is 365 g/mol. The van der Waals surface area contributed by atoms with Crippen molar-refractivity contribution in [3.8, 4) is 11.5 Å². The van der Waals surface area contributed by atoms with Gasteiger partial charge in [0.25, 0.3) is 5.91 Å². The van der Waals surface area contributed by atoms with Crippen molar-refractivity contribution >= 4 is 29.6 Å². The molecule has 25 heavy (non-hydrogen) atoms. The van der Waals surface area contributed by atoms with Crippen LogP contribution in [0.1, 0.15) is 18.9 Å². The highest BCUT2D eigenvalue weighted by Crippen LogP contribution is 2.38. The first-order valence-corrected chi connectivity index (χ1v) is 8.25. The number of hydrogen-bond donors (Lipinski definition) is 1. The Morgan fingerprint density at radius 1 is 1.40 bits per heavy atom. The average molecular weight is 366 g/mol. The van der Waals surface area contributed by atoms with Gasteiger partial charge in [-0.05, 0) is 30.7 Å². The highest BCUT2D eigenvalue weighted by Gasteiger charge is 2.17. The number of ether oxygens (including phenoxy) is 3. The zero-order valence-electron chi connectivity index (χ0n) is 13.9. The van der Waals surface area contributed by atoms with Crippen LogP contribution < -0.4 is 14.8 Å². The molecule has 2 rings (SSSR count). The second-order valence-electron chi connectivity index (χ2n) is 5.33. The number of halogens is 1. The number of amides is 1. The topological polar surface area (TPSA) is 73.9 Å². The van der Waals surface area contributed by atoms with E-state index in [0.29, 0.717) is 41.8 Å². The molecular weight excluding hydrogens is 346 g/mol. The molecule has 0 unspecified atom stereocenters. The second-order valence-corrected chi connectivity index (χ2v) is 5.73. The lowest BCUT2D eigenvalue weighted by atomic mass is 10.2. The van der Waals surface area contributed by atoms with E-state index in [1.807, 2.05) is 0 Å². The lowest BCUT2D eigenvalue weighted by Gasteiger charge is -2.11. The fraction of sp³-hybridized carbons (Fsp3) is 0.333. The van der Waals surface area contributed by atoms with Crippen LogP contribution in [0.3, 0.4) is 0 Å². The Morgan fingerprint density at radius 2 is 2.16 bits per heavy atom. The molecule has 1 aliphatic rings. The van der Waals surface area contributed by atoms with Crippen LogP contribution in [-0.4, -0.2) is 37.7 Å². The molecular formula is C18H20ClNO5. The first kappa shape index (κ1) is 18.9. The summed E-state index contributed by atoms with van der Waals surface area (Å²) in [6.07, 6.45) is 4.18. The molecule has 1 aromatic rings. The van der Waals surface area contributed by atoms with Crippen LogP contribution in [0.25, 0.3) is 6.08 Å². The quantitative estimate of drug-likeness (QED) is 0.476. The van der Waals surface area contributed by atoms with Crippen molar-refractivity contribution in [2.45, 2.75) is 19.4 Å². The third kappa shape index (κ3) is 5.53. The van der Waals surface area contributed by atoms with Crippen LogP contribution in [0.2, 0.25) is 5.02 Å². The minimum Gasteiger partial charge on any atom is -0.489 e. The highest BCUT2D eigenvalue weighted by atomic mass is 35.5. The molecule has 1 heterocycles. The van der Waals surface area contributed by atoms with E-state index in [1.54, 1.807) is 18.2 Å². The number of rotatable bonds is 6. The SMILES string of the molecule is C=CCNC(=O)[C@@H](C)OC(=O)/C=C/c1cc(Cl)c2c(c1)OCCCO2. The fourth-order valence-electron chi connectivity index (χ4n) is 2.09. The Labute approximate surface area is 151 Å². The van der Waals surface area contributed by atoms with Gasteiger partial charge in [-0.2, -0.15) is 0 Å². The Kier molecular flexibility index (Phi) is 6.89. The molecule has 0 fully saturated rings. The maximum atomic E-state index is 11.8. The molecule has 6 nitrogen and oxygen atoms in total. The molecule has 0 radical (unpaired) electrons. The van der Waals surface area contributed by atoms with Gasteiger partial charge in [-0.1, -0.05) is 17.7 Å². The van der Waals surface area contributed by atoms with Crippen LogP contribution in [0.4, 0.5) is 0 Å². The molecule has 0 saturated heterocycles. The van der Waals surface area contributed by atoms with Gasteiger partial charge in [-0.3, -0.25) is 4.79 Å². The minimum absolute atomic E-state index is 0.312. The van der Waals surface area contributed by atoms with Crippen molar-refractivity contribution < 1.29 is 23.8 Å². The van der Waals surface area contributed by atoms with E-state index in [0.717, 1.165) is 6.42 Å². The molecule has 7 heteroatoms. The van der Waals surface area contributed by atoms with E-state index >= 15 is 0 Å². The van der Waals surface area contributed by atoms with Gasteiger partial charge in [0.1, 0.15) is 0 Å². The second kappa shape index (κ2) is 9.13. The standard InChI is InChI=1S/C18H20ClNO5/c1-3-7-20-18(22)12(2)25-16(21)6-5-13-10-14(19)17-15(11-13)23-8-4-9-24-17/h3,5-6,10-12H,1,4,7-9H2,2H3,(H,20,22)/b6-5+/t12-/m1/s1. The Hall–Kier alpha value is -2.47. The van der Waals surface area contributed by atoms with Crippen molar-refractivity contribution in [2.75, 3.05) is 19.8 Å². The Morgan fingerprint density at radius 3 is 2.92 bits per heavy atom. The molecule has 1 atom stereocenters. The predicted octanol–water partition coefficient (Wildman–Crippen LogP) is 2.75. The van der Waals surface area contributed by atoms with Crippen molar-refractivity contribution in [3.63, 3.8) is 0 Å². The van der Waals surface area contributed by atoms with Crippen LogP contribution in [-0.2, 0) is 14.3 Å². The van der Waals surface area contributed by atoms with Gasteiger partial charge in [0.2, 0.25) is 0 Å². The summed E-state index contributed by atoms with van der Waals surface area (Å²) in [7, 11) is 0. The average Bonchev–Trinajstić information content (AvgIpc) is 2.83. The number of carbonyl (C=O) groups is 2. The van der Waals surface area contributed by atoms with Crippen molar-refractivity contribution in [1.82, 2.24) is 5.32 Å². The molecule has 0 bridgehead atoms. The van der Waals surface area contributed by atoms with E-state index in [2.05, 4.69) is 11.9 Å². The van der Waals surface area contributed by atoms with E-state index in [9.17, 15) is 9.59 Å². The number of nitrogens with one attached hydrogen (secondary N) is 1. The van der Waals surface area contributed by atoms with Gasteiger partial charge in [0.05, 0.1) is 18.2 Å². The summed E-state index contributed by atoms with van der Waals surface area (Å²) in [4.78, 5) is 23.5. The van der Waals surface area contributed by atoms with Crippen LogP contribution in [0.5, 0.6) is 11.5 Å². The molecule has 0 spiro atoms. The van der Waals surface area contributed by atoms with Crippen LogP contribution >= 0.6 is 11.6 Å². The zero-order valence-corrected chi connectivity index (χ0v) is 14.7. The smallest absolute Gasteiger partial charge is 0.331 e. The summed E-state index contributed by atoms with van der Waals surface area (Å²) in [5.41, 5.74) is 0.662. The van der Waals surface area contributed by atoms with Gasteiger partial charge < -0.3 is 19.5 Å². The summed E-state index contributed by atoms with van der Waals surface area (Å²) in [5, 5.41) is 2.96. The van der Waals surface area contributed by atoms with Crippen LogP contribution in [0, 0.1) is 0 Å². The molecule has 1 aliphatic heterocycles. The van der Waals surface area contributed by atoms with E-state index in [-0.39, 0.29) is 5.91 Å². The molecule has 1 N–H and O–H groups in total. The summed E-state index contributed by atoms with van der Waals surface area (Å²) < 4.78 is 16.2. The molecule has 134 valence electrons. The first-order chi connectivity index (χ1) is 12.0. The summed E-state index contributed by atoms with van der Waals surface area (Å²) >= 11 is 6.19.